The van der Waals surface area contributed by atoms with Gasteiger partial charge in [-0.2, -0.15) is 0 Å². The first-order valence-electron chi connectivity index (χ1n) is 6.95. The summed E-state index contributed by atoms with van der Waals surface area (Å²) in [6, 6.07) is 6.76. The molecule has 0 aliphatic carbocycles. The number of carbonyl (C=O) groups excluding carboxylic acids is 1. The van der Waals surface area contributed by atoms with Crippen molar-refractivity contribution in [2.24, 2.45) is 5.92 Å². The SMILES string of the molecule is CCNC(=O)C1CC(Cc2ccccc2F)CCN1. The lowest BCUT2D eigenvalue weighted by Crippen LogP contribution is -2.49. The lowest BCUT2D eigenvalue weighted by atomic mass is 9.86. The number of amides is 1. The predicted octanol–water partition coefficient (Wildman–Crippen LogP) is 1.87. The van der Waals surface area contributed by atoms with Gasteiger partial charge in [0.2, 0.25) is 5.91 Å². The topological polar surface area (TPSA) is 41.1 Å². The van der Waals surface area contributed by atoms with Crippen molar-refractivity contribution in [3.05, 3.63) is 35.6 Å². The van der Waals surface area contributed by atoms with E-state index >= 15 is 0 Å². The molecule has 0 spiro atoms. The highest BCUT2D eigenvalue weighted by Gasteiger charge is 2.26. The molecule has 1 aliphatic rings. The zero-order valence-electron chi connectivity index (χ0n) is 11.3. The van der Waals surface area contributed by atoms with Gasteiger partial charge in [-0.15, -0.1) is 0 Å². The fourth-order valence-corrected chi connectivity index (χ4v) is 2.65. The normalized spacial score (nSPS) is 23.1. The van der Waals surface area contributed by atoms with Crippen molar-refractivity contribution in [1.82, 2.24) is 10.6 Å². The van der Waals surface area contributed by atoms with Crippen molar-refractivity contribution in [3.8, 4) is 0 Å². The van der Waals surface area contributed by atoms with Gasteiger partial charge in [0.05, 0.1) is 6.04 Å². The second-order valence-corrected chi connectivity index (χ2v) is 5.09. The van der Waals surface area contributed by atoms with Crippen LogP contribution in [0.5, 0.6) is 0 Å². The fourth-order valence-electron chi connectivity index (χ4n) is 2.65. The minimum Gasteiger partial charge on any atom is -0.355 e. The Bertz CT molecular complexity index is 436. The molecular formula is C15H21FN2O. The zero-order valence-corrected chi connectivity index (χ0v) is 11.3. The quantitative estimate of drug-likeness (QED) is 0.871. The van der Waals surface area contributed by atoms with Crippen molar-refractivity contribution in [2.45, 2.75) is 32.2 Å². The number of carbonyl (C=O) groups is 1. The van der Waals surface area contributed by atoms with Crippen LogP contribution in [0.4, 0.5) is 4.39 Å². The molecule has 0 aromatic heterocycles. The van der Waals surface area contributed by atoms with Crippen LogP contribution in [0, 0.1) is 11.7 Å². The molecule has 2 rings (SSSR count). The summed E-state index contributed by atoms with van der Waals surface area (Å²) in [7, 11) is 0. The molecule has 1 amide bonds. The van der Waals surface area contributed by atoms with E-state index in [1.165, 1.54) is 6.07 Å². The maximum atomic E-state index is 13.6. The van der Waals surface area contributed by atoms with Crippen molar-refractivity contribution in [1.29, 1.82) is 0 Å². The lowest BCUT2D eigenvalue weighted by Gasteiger charge is -2.29. The Hall–Kier alpha value is -1.42. The Morgan fingerprint density at radius 3 is 3.00 bits per heavy atom. The van der Waals surface area contributed by atoms with E-state index in [0.717, 1.165) is 24.9 Å². The molecule has 1 aliphatic heterocycles. The molecule has 0 saturated carbocycles. The van der Waals surface area contributed by atoms with Crippen LogP contribution in [-0.2, 0) is 11.2 Å². The number of likely N-dealkylation sites (N-methyl/N-ethyl adjacent to an activating group) is 1. The number of rotatable bonds is 4. The third-order valence-electron chi connectivity index (χ3n) is 3.65. The maximum Gasteiger partial charge on any atom is 0.237 e. The molecule has 1 fully saturated rings. The Morgan fingerprint density at radius 1 is 1.47 bits per heavy atom. The van der Waals surface area contributed by atoms with Crippen LogP contribution in [0.3, 0.4) is 0 Å². The van der Waals surface area contributed by atoms with Gasteiger partial charge in [-0.3, -0.25) is 4.79 Å². The largest absolute Gasteiger partial charge is 0.355 e. The predicted molar refractivity (Wildman–Crippen MR) is 73.3 cm³/mol. The smallest absolute Gasteiger partial charge is 0.237 e. The minimum absolute atomic E-state index is 0.0562. The van der Waals surface area contributed by atoms with Crippen molar-refractivity contribution < 1.29 is 9.18 Å². The number of benzene rings is 1. The van der Waals surface area contributed by atoms with Crippen LogP contribution < -0.4 is 10.6 Å². The molecule has 4 heteroatoms. The van der Waals surface area contributed by atoms with Crippen LogP contribution in [0.15, 0.2) is 24.3 Å². The van der Waals surface area contributed by atoms with Crippen LogP contribution in [-0.4, -0.2) is 25.0 Å². The van der Waals surface area contributed by atoms with E-state index in [9.17, 15) is 9.18 Å². The first kappa shape index (κ1) is 14.0. The standard InChI is InChI=1S/C15H21FN2O/c1-2-17-15(19)14-10-11(7-8-18-14)9-12-5-3-4-6-13(12)16/h3-6,11,14,18H,2,7-10H2,1H3,(H,17,19). The summed E-state index contributed by atoms with van der Waals surface area (Å²) >= 11 is 0. The lowest BCUT2D eigenvalue weighted by molar-refractivity contribution is -0.123. The highest BCUT2D eigenvalue weighted by Crippen LogP contribution is 2.22. The highest BCUT2D eigenvalue weighted by atomic mass is 19.1. The van der Waals surface area contributed by atoms with Gasteiger partial charge in [-0.25, -0.2) is 4.39 Å². The fraction of sp³-hybridized carbons (Fsp3) is 0.533. The summed E-state index contributed by atoms with van der Waals surface area (Å²) in [6.45, 7) is 3.38. The van der Waals surface area contributed by atoms with Crippen molar-refractivity contribution in [2.75, 3.05) is 13.1 Å². The zero-order chi connectivity index (χ0) is 13.7. The number of hydrogen-bond acceptors (Lipinski definition) is 2. The number of piperidine rings is 1. The summed E-state index contributed by atoms with van der Waals surface area (Å²) < 4.78 is 13.6. The first-order chi connectivity index (χ1) is 9.20. The molecular weight excluding hydrogens is 243 g/mol. The number of nitrogens with one attached hydrogen (secondary N) is 2. The van der Waals surface area contributed by atoms with Gasteiger partial charge in [-0.1, -0.05) is 18.2 Å². The van der Waals surface area contributed by atoms with E-state index in [0.29, 0.717) is 18.9 Å². The van der Waals surface area contributed by atoms with Gasteiger partial charge in [0.15, 0.2) is 0 Å². The molecule has 2 unspecified atom stereocenters. The minimum atomic E-state index is -0.143. The molecule has 3 nitrogen and oxygen atoms in total. The molecule has 0 bridgehead atoms. The van der Waals surface area contributed by atoms with Crippen LogP contribution >= 0.6 is 0 Å². The molecule has 1 saturated heterocycles. The van der Waals surface area contributed by atoms with E-state index in [1.54, 1.807) is 6.07 Å². The maximum absolute atomic E-state index is 13.6. The Morgan fingerprint density at radius 2 is 2.26 bits per heavy atom. The molecule has 104 valence electrons. The molecule has 19 heavy (non-hydrogen) atoms. The summed E-state index contributed by atoms with van der Waals surface area (Å²) in [6.07, 6.45) is 2.48. The van der Waals surface area contributed by atoms with Gasteiger partial charge in [0.25, 0.3) is 0 Å². The molecule has 1 aromatic carbocycles. The molecule has 0 radical (unpaired) electrons. The Kier molecular flexibility index (Phi) is 4.91. The second-order valence-electron chi connectivity index (χ2n) is 5.09. The van der Waals surface area contributed by atoms with E-state index < -0.39 is 0 Å². The Balaban J connectivity index is 1.94. The second kappa shape index (κ2) is 6.66. The van der Waals surface area contributed by atoms with Crippen LogP contribution in [0.1, 0.15) is 25.3 Å². The van der Waals surface area contributed by atoms with Crippen LogP contribution in [0.2, 0.25) is 0 Å². The third kappa shape index (κ3) is 3.77. The van der Waals surface area contributed by atoms with Crippen molar-refractivity contribution >= 4 is 5.91 Å². The molecule has 2 atom stereocenters. The van der Waals surface area contributed by atoms with Crippen LogP contribution in [0.25, 0.3) is 0 Å². The van der Waals surface area contributed by atoms with Gasteiger partial charge >= 0.3 is 0 Å². The summed E-state index contributed by atoms with van der Waals surface area (Å²) in [5, 5.41) is 6.06. The highest BCUT2D eigenvalue weighted by molar-refractivity contribution is 5.81. The number of hydrogen-bond donors (Lipinski definition) is 2. The molecule has 2 N–H and O–H groups in total. The van der Waals surface area contributed by atoms with E-state index in [4.69, 9.17) is 0 Å². The van der Waals surface area contributed by atoms with E-state index in [-0.39, 0.29) is 17.8 Å². The van der Waals surface area contributed by atoms with Gasteiger partial charge < -0.3 is 10.6 Å². The van der Waals surface area contributed by atoms with E-state index in [1.807, 2.05) is 19.1 Å². The third-order valence-corrected chi connectivity index (χ3v) is 3.65. The summed E-state index contributed by atoms with van der Waals surface area (Å²) in [5.74, 6) is 0.280. The Labute approximate surface area is 113 Å². The molecule has 1 aromatic rings. The monoisotopic (exact) mass is 264 g/mol. The summed E-state index contributed by atoms with van der Waals surface area (Å²) in [4.78, 5) is 11.8. The average Bonchev–Trinajstić information content (AvgIpc) is 2.42. The van der Waals surface area contributed by atoms with Gasteiger partial charge in [0, 0.05) is 6.54 Å². The van der Waals surface area contributed by atoms with Gasteiger partial charge in [-0.05, 0) is 50.3 Å². The molecule has 1 heterocycles. The van der Waals surface area contributed by atoms with E-state index in [2.05, 4.69) is 10.6 Å². The first-order valence-corrected chi connectivity index (χ1v) is 6.95. The average molecular weight is 264 g/mol. The van der Waals surface area contributed by atoms with Gasteiger partial charge in [0.1, 0.15) is 5.82 Å². The number of halogens is 1. The van der Waals surface area contributed by atoms with Crippen molar-refractivity contribution in [3.63, 3.8) is 0 Å². The summed E-state index contributed by atoms with van der Waals surface area (Å²) in [5.41, 5.74) is 0.754.